The van der Waals surface area contributed by atoms with E-state index in [1.807, 2.05) is 44.2 Å². The summed E-state index contributed by atoms with van der Waals surface area (Å²) in [5.74, 6) is 1.10. The van der Waals surface area contributed by atoms with Crippen LogP contribution >= 0.6 is 12.2 Å². The Labute approximate surface area is 158 Å². The normalized spacial score (nSPS) is 15.4. The second-order valence-corrected chi connectivity index (χ2v) is 6.34. The van der Waals surface area contributed by atoms with E-state index in [4.69, 9.17) is 21.7 Å². The van der Waals surface area contributed by atoms with Crippen LogP contribution in [0.5, 0.6) is 11.5 Å². The fourth-order valence-electron chi connectivity index (χ4n) is 2.82. The lowest BCUT2D eigenvalue weighted by Crippen LogP contribution is -2.31. The summed E-state index contributed by atoms with van der Waals surface area (Å²) < 4.78 is 10.6. The summed E-state index contributed by atoms with van der Waals surface area (Å²) in [6.07, 6.45) is 1.73. The van der Waals surface area contributed by atoms with Gasteiger partial charge in [0.2, 0.25) is 0 Å². The average molecular weight is 368 g/mol. The highest BCUT2D eigenvalue weighted by atomic mass is 32.1. The summed E-state index contributed by atoms with van der Waals surface area (Å²) >= 11 is 5.40. The van der Waals surface area contributed by atoms with E-state index in [9.17, 15) is 4.79 Å². The fraction of sp³-hybridized carbons (Fsp3) is 0.200. The first-order valence-corrected chi connectivity index (χ1v) is 8.52. The number of amides is 1. The van der Waals surface area contributed by atoms with Gasteiger partial charge in [0.25, 0.3) is 5.91 Å². The summed E-state index contributed by atoms with van der Waals surface area (Å²) in [7, 11) is 3.17. The van der Waals surface area contributed by atoms with Crippen molar-refractivity contribution in [3.05, 3.63) is 58.8 Å². The van der Waals surface area contributed by atoms with E-state index in [-0.39, 0.29) is 5.91 Å². The van der Waals surface area contributed by atoms with Crippen LogP contribution in [0.3, 0.4) is 0 Å². The number of thiocarbonyl (C=S) groups is 1. The van der Waals surface area contributed by atoms with Crippen LogP contribution in [-0.4, -0.2) is 25.2 Å². The standard InChI is InChI=1S/C20H20N2O3S/c1-12-6-5-7-17(13(12)2)22-19(23)16(21-20(22)26)10-14-8-9-15(24-3)11-18(14)25-4/h5-11H,1-4H3,(H,21,26)/b16-10-. The minimum atomic E-state index is -0.193. The van der Waals surface area contributed by atoms with Gasteiger partial charge in [0.15, 0.2) is 5.11 Å². The topological polar surface area (TPSA) is 50.8 Å². The minimum Gasteiger partial charge on any atom is -0.497 e. The molecule has 0 spiro atoms. The maximum atomic E-state index is 12.9. The van der Waals surface area contributed by atoms with Crippen LogP contribution in [0, 0.1) is 13.8 Å². The molecule has 1 N–H and O–H groups in total. The van der Waals surface area contributed by atoms with Gasteiger partial charge in [0, 0.05) is 11.6 Å². The Hall–Kier alpha value is -2.86. The Balaban J connectivity index is 1.99. The van der Waals surface area contributed by atoms with Crippen molar-refractivity contribution in [3.8, 4) is 11.5 Å². The van der Waals surface area contributed by atoms with E-state index in [0.717, 1.165) is 22.4 Å². The number of aryl methyl sites for hydroxylation is 1. The summed E-state index contributed by atoms with van der Waals surface area (Å²) in [6, 6.07) is 11.2. The molecule has 3 rings (SSSR count). The van der Waals surface area contributed by atoms with Crippen molar-refractivity contribution in [1.82, 2.24) is 5.32 Å². The molecule has 1 amide bonds. The second-order valence-electron chi connectivity index (χ2n) is 5.96. The van der Waals surface area contributed by atoms with Gasteiger partial charge in [-0.25, -0.2) is 0 Å². The number of hydrogen-bond acceptors (Lipinski definition) is 4. The minimum absolute atomic E-state index is 0.193. The van der Waals surface area contributed by atoms with Gasteiger partial charge in [-0.3, -0.25) is 9.69 Å². The van der Waals surface area contributed by atoms with Gasteiger partial charge in [0.05, 0.1) is 19.9 Å². The third kappa shape index (κ3) is 3.15. The van der Waals surface area contributed by atoms with Crippen LogP contribution in [0.1, 0.15) is 16.7 Å². The van der Waals surface area contributed by atoms with Crippen molar-refractivity contribution in [2.45, 2.75) is 13.8 Å². The van der Waals surface area contributed by atoms with E-state index < -0.39 is 0 Å². The fourth-order valence-corrected chi connectivity index (χ4v) is 3.12. The molecule has 1 aliphatic rings. The first-order chi connectivity index (χ1) is 12.5. The van der Waals surface area contributed by atoms with Crippen LogP contribution in [0.15, 0.2) is 42.1 Å². The zero-order chi connectivity index (χ0) is 18.8. The molecule has 0 bridgehead atoms. The van der Waals surface area contributed by atoms with E-state index >= 15 is 0 Å². The van der Waals surface area contributed by atoms with Crippen LogP contribution < -0.4 is 19.7 Å². The molecule has 134 valence electrons. The van der Waals surface area contributed by atoms with E-state index in [2.05, 4.69) is 5.32 Å². The first kappa shape index (κ1) is 17.9. The smallest absolute Gasteiger partial charge is 0.281 e. The summed E-state index contributed by atoms with van der Waals surface area (Å²) in [5, 5.41) is 3.37. The summed E-state index contributed by atoms with van der Waals surface area (Å²) in [6.45, 7) is 3.99. The molecular formula is C20H20N2O3S. The quantitative estimate of drug-likeness (QED) is 0.660. The molecule has 6 heteroatoms. The summed E-state index contributed by atoms with van der Waals surface area (Å²) in [5.41, 5.74) is 4.08. The molecule has 1 fully saturated rings. The molecule has 0 radical (unpaired) electrons. The van der Waals surface area contributed by atoms with Crippen molar-refractivity contribution in [3.63, 3.8) is 0 Å². The first-order valence-electron chi connectivity index (χ1n) is 8.11. The molecule has 1 saturated heterocycles. The maximum Gasteiger partial charge on any atom is 0.281 e. The van der Waals surface area contributed by atoms with Crippen molar-refractivity contribution in [2.75, 3.05) is 19.1 Å². The Morgan fingerprint density at radius 2 is 1.88 bits per heavy atom. The molecule has 0 atom stereocenters. The number of nitrogens with one attached hydrogen (secondary N) is 1. The molecule has 26 heavy (non-hydrogen) atoms. The van der Waals surface area contributed by atoms with Gasteiger partial charge >= 0.3 is 0 Å². The SMILES string of the molecule is COc1ccc(/C=C2\NC(=S)N(c3cccc(C)c3C)C2=O)c(OC)c1. The van der Waals surface area contributed by atoms with Crippen molar-refractivity contribution in [1.29, 1.82) is 0 Å². The molecule has 0 unspecified atom stereocenters. The molecule has 0 aliphatic carbocycles. The van der Waals surface area contributed by atoms with Gasteiger partial charge in [-0.1, -0.05) is 12.1 Å². The van der Waals surface area contributed by atoms with Gasteiger partial charge in [-0.05, 0) is 61.5 Å². The van der Waals surface area contributed by atoms with Gasteiger partial charge in [-0.2, -0.15) is 0 Å². The molecule has 0 saturated carbocycles. The number of carbonyl (C=O) groups is 1. The van der Waals surface area contributed by atoms with Crippen LogP contribution in [-0.2, 0) is 4.79 Å². The number of rotatable bonds is 4. The van der Waals surface area contributed by atoms with Crippen molar-refractivity contribution in [2.24, 2.45) is 0 Å². The number of ether oxygens (including phenoxy) is 2. The Morgan fingerprint density at radius 3 is 2.58 bits per heavy atom. The second kappa shape index (κ2) is 7.17. The number of benzene rings is 2. The highest BCUT2D eigenvalue weighted by molar-refractivity contribution is 7.80. The van der Waals surface area contributed by atoms with Crippen molar-refractivity contribution >= 4 is 35.0 Å². The van der Waals surface area contributed by atoms with Gasteiger partial charge in [-0.15, -0.1) is 0 Å². The Morgan fingerprint density at radius 1 is 1.12 bits per heavy atom. The highest BCUT2D eigenvalue weighted by Crippen LogP contribution is 2.30. The maximum absolute atomic E-state index is 12.9. The predicted octanol–water partition coefficient (Wildman–Crippen LogP) is 3.58. The Bertz CT molecular complexity index is 921. The molecule has 2 aromatic rings. The van der Waals surface area contributed by atoms with E-state index in [1.165, 1.54) is 4.90 Å². The lowest BCUT2D eigenvalue weighted by Gasteiger charge is -2.18. The zero-order valence-electron chi connectivity index (χ0n) is 15.1. The largest absolute Gasteiger partial charge is 0.497 e. The van der Waals surface area contributed by atoms with Crippen molar-refractivity contribution < 1.29 is 14.3 Å². The van der Waals surface area contributed by atoms with Crippen LogP contribution in [0.25, 0.3) is 6.08 Å². The number of carbonyl (C=O) groups excluding carboxylic acids is 1. The predicted molar refractivity (Wildman–Crippen MR) is 107 cm³/mol. The number of methoxy groups -OCH3 is 2. The van der Waals surface area contributed by atoms with Gasteiger partial charge < -0.3 is 14.8 Å². The monoisotopic (exact) mass is 368 g/mol. The lowest BCUT2D eigenvalue weighted by molar-refractivity contribution is -0.113. The van der Waals surface area contributed by atoms with Crippen LogP contribution in [0.2, 0.25) is 0 Å². The molecule has 2 aromatic carbocycles. The van der Waals surface area contributed by atoms with Crippen LogP contribution in [0.4, 0.5) is 5.69 Å². The third-order valence-electron chi connectivity index (χ3n) is 4.44. The summed E-state index contributed by atoms with van der Waals surface area (Å²) in [4.78, 5) is 14.5. The number of nitrogens with zero attached hydrogens (tertiary/aromatic N) is 1. The lowest BCUT2D eigenvalue weighted by atomic mass is 10.1. The van der Waals surface area contributed by atoms with Gasteiger partial charge in [0.1, 0.15) is 17.2 Å². The molecule has 5 nitrogen and oxygen atoms in total. The third-order valence-corrected chi connectivity index (χ3v) is 4.72. The van der Waals surface area contributed by atoms with E-state index in [0.29, 0.717) is 22.3 Å². The van der Waals surface area contributed by atoms with E-state index in [1.54, 1.807) is 26.4 Å². The molecule has 0 aromatic heterocycles. The highest BCUT2D eigenvalue weighted by Gasteiger charge is 2.33. The Kier molecular flexibility index (Phi) is 4.95. The molecule has 1 heterocycles. The number of anilines is 1. The molecule has 1 aliphatic heterocycles. The molecular weight excluding hydrogens is 348 g/mol. The average Bonchev–Trinajstić information content (AvgIpc) is 2.91. The zero-order valence-corrected chi connectivity index (χ0v) is 15.9. The number of hydrogen-bond donors (Lipinski definition) is 1.